The van der Waals surface area contributed by atoms with Crippen molar-refractivity contribution in [3.63, 3.8) is 0 Å². The molecule has 0 aliphatic heterocycles. The van der Waals surface area contributed by atoms with Crippen LogP contribution in [0.15, 0.2) is 54.6 Å². The van der Waals surface area contributed by atoms with Gasteiger partial charge < -0.3 is 0 Å². The molecule has 3 heterocycles. The van der Waals surface area contributed by atoms with E-state index in [9.17, 15) is 0 Å². The van der Waals surface area contributed by atoms with Crippen LogP contribution in [0.4, 0.5) is 0 Å². The minimum Gasteiger partial charge on any atom is -0.245 e. The van der Waals surface area contributed by atoms with Crippen LogP contribution in [0, 0.1) is 12.4 Å². The van der Waals surface area contributed by atoms with Crippen molar-refractivity contribution in [2.45, 2.75) is 0 Å². The topological polar surface area (TPSA) is 38.7 Å². The van der Waals surface area contributed by atoms with Gasteiger partial charge in [0.05, 0.1) is 35.2 Å². The van der Waals surface area contributed by atoms with Crippen molar-refractivity contribution in [2.75, 3.05) is 0 Å². The molecule has 84 valence electrons. The van der Waals surface area contributed by atoms with Crippen LogP contribution in [-0.2, 0) is 0 Å². The van der Waals surface area contributed by atoms with Crippen molar-refractivity contribution in [3.05, 3.63) is 67.0 Å². The second-order valence-corrected chi connectivity index (χ2v) is 3.71. The highest BCUT2D eigenvalue weighted by Crippen LogP contribution is 2.19. The molecule has 0 saturated heterocycles. The third kappa shape index (κ3) is 2.11. The molecule has 0 atom stereocenters. The first kappa shape index (κ1) is 10.6. The smallest absolute Gasteiger partial charge is 0.0894 e. The number of rotatable bonds is 2. The fourth-order valence-electron chi connectivity index (χ4n) is 1.66. The molecular weight excluding hydrogens is 222 g/mol. The van der Waals surface area contributed by atoms with E-state index in [1.54, 1.807) is 12.1 Å². The van der Waals surface area contributed by atoms with Crippen molar-refractivity contribution < 1.29 is 0 Å². The molecule has 2 radical (unpaired) electrons. The highest BCUT2D eigenvalue weighted by molar-refractivity contribution is 5.61. The quantitative estimate of drug-likeness (QED) is 0.680. The van der Waals surface area contributed by atoms with E-state index in [4.69, 9.17) is 0 Å². The van der Waals surface area contributed by atoms with Crippen molar-refractivity contribution in [2.24, 2.45) is 0 Å². The summed E-state index contributed by atoms with van der Waals surface area (Å²) in [5.41, 5.74) is 3.24. The summed E-state index contributed by atoms with van der Waals surface area (Å²) in [6, 6.07) is 16.9. The first-order valence-electron chi connectivity index (χ1n) is 5.57. The number of aromatic nitrogens is 3. The van der Waals surface area contributed by atoms with Crippen LogP contribution in [0.2, 0.25) is 0 Å². The van der Waals surface area contributed by atoms with Gasteiger partial charge in [-0.15, -0.1) is 0 Å². The van der Waals surface area contributed by atoms with Crippen LogP contribution in [0.25, 0.3) is 22.8 Å². The summed E-state index contributed by atoms with van der Waals surface area (Å²) in [6.07, 6.45) is 5.61. The average Bonchev–Trinajstić information content (AvgIpc) is 2.49. The Balaban J connectivity index is 2.05. The molecule has 0 saturated carbocycles. The predicted molar refractivity (Wildman–Crippen MR) is 68.4 cm³/mol. The van der Waals surface area contributed by atoms with Gasteiger partial charge in [0.2, 0.25) is 0 Å². The molecule has 3 nitrogen and oxygen atoms in total. The average molecular weight is 231 g/mol. The number of hydrogen-bond acceptors (Lipinski definition) is 3. The van der Waals surface area contributed by atoms with Gasteiger partial charge in [0.25, 0.3) is 0 Å². The van der Waals surface area contributed by atoms with E-state index in [2.05, 4.69) is 27.3 Å². The van der Waals surface area contributed by atoms with Gasteiger partial charge in [0.1, 0.15) is 0 Å². The SMILES string of the molecule is [c]1cccc(-c2cccc(-c3ccc[c]n3)n2)n1. The summed E-state index contributed by atoms with van der Waals surface area (Å²) in [7, 11) is 0. The van der Waals surface area contributed by atoms with Crippen LogP contribution in [-0.4, -0.2) is 15.0 Å². The lowest BCUT2D eigenvalue weighted by Gasteiger charge is -2.03. The van der Waals surface area contributed by atoms with Gasteiger partial charge in [-0.3, -0.25) is 0 Å². The Morgan fingerprint density at radius 3 is 1.56 bits per heavy atom. The zero-order valence-corrected chi connectivity index (χ0v) is 9.54. The Morgan fingerprint density at radius 2 is 1.11 bits per heavy atom. The zero-order valence-electron chi connectivity index (χ0n) is 9.54. The highest BCUT2D eigenvalue weighted by atomic mass is 14.8. The van der Waals surface area contributed by atoms with Gasteiger partial charge in [-0.2, -0.15) is 0 Å². The molecule has 3 rings (SSSR count). The number of pyridine rings is 3. The molecule has 18 heavy (non-hydrogen) atoms. The molecule has 0 spiro atoms. The normalized spacial score (nSPS) is 10.2. The van der Waals surface area contributed by atoms with Crippen LogP contribution in [0.5, 0.6) is 0 Å². The third-order valence-electron chi connectivity index (χ3n) is 2.49. The molecule has 3 aromatic heterocycles. The molecule has 0 aliphatic carbocycles. The second-order valence-electron chi connectivity index (χ2n) is 3.71. The molecule has 0 aromatic carbocycles. The molecule has 0 bridgehead atoms. The lowest BCUT2D eigenvalue weighted by Crippen LogP contribution is -1.91. The Hall–Kier alpha value is -2.55. The van der Waals surface area contributed by atoms with Crippen LogP contribution < -0.4 is 0 Å². The fraction of sp³-hybridized carbons (Fsp3) is 0. The van der Waals surface area contributed by atoms with Crippen LogP contribution >= 0.6 is 0 Å². The van der Waals surface area contributed by atoms with E-state index in [0.717, 1.165) is 22.8 Å². The predicted octanol–water partition coefficient (Wildman–Crippen LogP) is 2.81. The van der Waals surface area contributed by atoms with Gasteiger partial charge in [0, 0.05) is 0 Å². The lowest BCUT2D eigenvalue weighted by molar-refractivity contribution is 1.21. The number of hydrogen-bond donors (Lipinski definition) is 0. The first-order valence-corrected chi connectivity index (χ1v) is 5.57. The Bertz CT molecular complexity index is 581. The molecule has 0 aliphatic rings. The third-order valence-corrected chi connectivity index (χ3v) is 2.49. The Kier molecular flexibility index (Phi) is 2.80. The van der Waals surface area contributed by atoms with Gasteiger partial charge >= 0.3 is 0 Å². The summed E-state index contributed by atoms with van der Waals surface area (Å²) in [4.78, 5) is 12.9. The van der Waals surface area contributed by atoms with Crippen molar-refractivity contribution >= 4 is 0 Å². The minimum absolute atomic E-state index is 0.805. The summed E-state index contributed by atoms with van der Waals surface area (Å²) in [5, 5.41) is 0. The monoisotopic (exact) mass is 231 g/mol. The standard InChI is InChI=1S/C15H9N3/c1-3-10-16-12(6-1)14-8-5-9-15(18-14)13-7-2-4-11-17-13/h1-9H. The van der Waals surface area contributed by atoms with Crippen LogP contribution in [0.1, 0.15) is 0 Å². The van der Waals surface area contributed by atoms with E-state index in [1.807, 2.05) is 42.5 Å². The highest BCUT2D eigenvalue weighted by Gasteiger charge is 2.04. The number of nitrogens with zero attached hydrogens (tertiary/aromatic N) is 3. The van der Waals surface area contributed by atoms with Crippen LogP contribution in [0.3, 0.4) is 0 Å². The molecule has 0 N–H and O–H groups in total. The second kappa shape index (κ2) is 4.75. The lowest BCUT2D eigenvalue weighted by atomic mass is 10.2. The van der Waals surface area contributed by atoms with Crippen molar-refractivity contribution in [3.8, 4) is 22.8 Å². The fourth-order valence-corrected chi connectivity index (χ4v) is 1.66. The molecule has 0 fully saturated rings. The van der Waals surface area contributed by atoms with Gasteiger partial charge in [-0.05, 0) is 36.4 Å². The maximum Gasteiger partial charge on any atom is 0.0894 e. The largest absolute Gasteiger partial charge is 0.245 e. The van der Waals surface area contributed by atoms with Gasteiger partial charge in [-0.1, -0.05) is 18.2 Å². The van der Waals surface area contributed by atoms with Crippen molar-refractivity contribution in [1.82, 2.24) is 15.0 Å². The molecule has 0 amide bonds. The van der Waals surface area contributed by atoms with Gasteiger partial charge in [0.15, 0.2) is 0 Å². The van der Waals surface area contributed by atoms with E-state index >= 15 is 0 Å². The molecule has 3 heteroatoms. The first-order chi connectivity index (χ1) is 8.93. The van der Waals surface area contributed by atoms with Crippen molar-refractivity contribution in [1.29, 1.82) is 0 Å². The minimum atomic E-state index is 0.805. The Morgan fingerprint density at radius 1 is 0.611 bits per heavy atom. The van der Waals surface area contributed by atoms with E-state index in [-0.39, 0.29) is 0 Å². The van der Waals surface area contributed by atoms with Gasteiger partial charge in [-0.25, -0.2) is 15.0 Å². The molecular formula is C15H9N3. The van der Waals surface area contributed by atoms with E-state index in [1.165, 1.54) is 0 Å². The molecule has 0 unspecified atom stereocenters. The maximum atomic E-state index is 4.55. The summed E-state index contributed by atoms with van der Waals surface area (Å²) < 4.78 is 0. The summed E-state index contributed by atoms with van der Waals surface area (Å²) in [5.74, 6) is 0. The Labute approximate surface area is 105 Å². The molecule has 3 aromatic rings. The zero-order chi connectivity index (χ0) is 12.2. The summed E-state index contributed by atoms with van der Waals surface area (Å²) in [6.45, 7) is 0. The van der Waals surface area contributed by atoms with E-state index < -0.39 is 0 Å². The van der Waals surface area contributed by atoms with E-state index in [0.29, 0.717) is 0 Å². The maximum absolute atomic E-state index is 4.55. The summed E-state index contributed by atoms with van der Waals surface area (Å²) >= 11 is 0.